The van der Waals surface area contributed by atoms with E-state index in [1.807, 2.05) is 11.3 Å². The normalized spacial score (nSPS) is 11.2. The van der Waals surface area contributed by atoms with Crippen molar-refractivity contribution in [2.45, 2.75) is 58.3 Å². The van der Waals surface area contributed by atoms with Crippen LogP contribution in [0.15, 0.2) is 24.3 Å². The highest BCUT2D eigenvalue weighted by Crippen LogP contribution is 2.23. The molecule has 0 bridgehead atoms. The Balaban J connectivity index is 1.67. The zero-order valence-electron chi connectivity index (χ0n) is 11.3. The van der Waals surface area contributed by atoms with Crippen LogP contribution in [0.2, 0.25) is 0 Å². The molecule has 18 heavy (non-hydrogen) atoms. The second-order valence-electron chi connectivity index (χ2n) is 4.95. The first-order chi connectivity index (χ1) is 8.90. The molecule has 98 valence electrons. The van der Waals surface area contributed by atoms with Gasteiger partial charge in [-0.2, -0.15) is 0 Å². The van der Waals surface area contributed by atoms with E-state index >= 15 is 0 Å². The molecule has 1 nitrogen and oxygen atoms in total. The van der Waals surface area contributed by atoms with E-state index < -0.39 is 0 Å². The van der Waals surface area contributed by atoms with Crippen molar-refractivity contribution in [3.8, 4) is 0 Å². The topological polar surface area (TPSA) is 12.9 Å². The van der Waals surface area contributed by atoms with E-state index in [1.54, 1.807) is 0 Å². The van der Waals surface area contributed by atoms with Gasteiger partial charge in [0.05, 0.1) is 15.2 Å². The second kappa shape index (κ2) is 7.52. The Morgan fingerprint density at radius 2 is 1.67 bits per heavy atom. The molecule has 0 aliphatic rings. The Morgan fingerprint density at radius 3 is 2.44 bits per heavy atom. The van der Waals surface area contributed by atoms with Crippen LogP contribution in [-0.2, 0) is 6.42 Å². The fourth-order valence-corrected chi connectivity index (χ4v) is 3.27. The van der Waals surface area contributed by atoms with Crippen LogP contribution in [-0.4, -0.2) is 4.98 Å². The third-order valence-corrected chi connectivity index (χ3v) is 4.43. The SMILES string of the molecule is CCCCCCCCCc1nc2ccccc2s1. The molecule has 2 rings (SSSR count). The van der Waals surface area contributed by atoms with Crippen LogP contribution >= 0.6 is 11.3 Å². The van der Waals surface area contributed by atoms with Crippen molar-refractivity contribution in [2.75, 3.05) is 0 Å². The van der Waals surface area contributed by atoms with Gasteiger partial charge in [0.1, 0.15) is 0 Å². The van der Waals surface area contributed by atoms with E-state index in [0.717, 1.165) is 6.42 Å². The minimum Gasteiger partial charge on any atom is -0.241 e. The molecule has 2 aromatic rings. The molecule has 1 aromatic heterocycles. The highest BCUT2D eigenvalue weighted by atomic mass is 32.1. The lowest BCUT2D eigenvalue weighted by atomic mass is 10.1. The minimum absolute atomic E-state index is 1.16. The molecule has 0 aliphatic carbocycles. The van der Waals surface area contributed by atoms with Gasteiger partial charge in [-0.15, -0.1) is 11.3 Å². The summed E-state index contributed by atoms with van der Waals surface area (Å²) < 4.78 is 1.33. The number of para-hydroxylation sites is 1. The Kier molecular flexibility index (Phi) is 5.66. The molecule has 0 atom stereocenters. The van der Waals surface area contributed by atoms with Crippen molar-refractivity contribution < 1.29 is 0 Å². The third kappa shape index (κ3) is 4.09. The maximum absolute atomic E-state index is 4.68. The predicted octanol–water partition coefficient (Wildman–Crippen LogP) is 5.59. The second-order valence-corrected chi connectivity index (χ2v) is 6.06. The number of rotatable bonds is 8. The summed E-state index contributed by atoms with van der Waals surface area (Å²) in [6.07, 6.45) is 10.8. The van der Waals surface area contributed by atoms with Crippen LogP contribution < -0.4 is 0 Å². The molecule has 0 N–H and O–H groups in total. The molecule has 0 saturated carbocycles. The van der Waals surface area contributed by atoms with Crippen molar-refractivity contribution in [2.24, 2.45) is 0 Å². The summed E-state index contributed by atoms with van der Waals surface area (Å²) >= 11 is 1.86. The van der Waals surface area contributed by atoms with E-state index in [0.29, 0.717) is 0 Å². The molecule has 0 unspecified atom stereocenters. The summed E-state index contributed by atoms with van der Waals surface area (Å²) in [5.41, 5.74) is 1.17. The maximum Gasteiger partial charge on any atom is 0.0938 e. The average molecular weight is 261 g/mol. The van der Waals surface area contributed by atoms with Crippen molar-refractivity contribution >= 4 is 21.6 Å². The van der Waals surface area contributed by atoms with Crippen LogP contribution in [0.4, 0.5) is 0 Å². The molecular formula is C16H23NS. The smallest absolute Gasteiger partial charge is 0.0938 e. The lowest BCUT2D eigenvalue weighted by molar-refractivity contribution is 0.589. The summed E-state index contributed by atoms with van der Waals surface area (Å²) in [4.78, 5) is 4.68. The van der Waals surface area contributed by atoms with Gasteiger partial charge in [-0.05, 0) is 25.0 Å². The lowest BCUT2D eigenvalue weighted by Crippen LogP contribution is -1.85. The fourth-order valence-electron chi connectivity index (χ4n) is 2.26. The molecule has 2 heteroatoms. The average Bonchev–Trinajstić information content (AvgIpc) is 2.80. The van der Waals surface area contributed by atoms with Gasteiger partial charge >= 0.3 is 0 Å². The van der Waals surface area contributed by atoms with Gasteiger partial charge in [0.2, 0.25) is 0 Å². The van der Waals surface area contributed by atoms with E-state index in [-0.39, 0.29) is 0 Å². The van der Waals surface area contributed by atoms with E-state index in [4.69, 9.17) is 0 Å². The summed E-state index contributed by atoms with van der Waals surface area (Å²) in [5, 5.41) is 1.31. The predicted molar refractivity (Wildman–Crippen MR) is 81.3 cm³/mol. The fraction of sp³-hybridized carbons (Fsp3) is 0.562. The minimum atomic E-state index is 1.16. The van der Waals surface area contributed by atoms with Gasteiger partial charge in [-0.3, -0.25) is 0 Å². The third-order valence-electron chi connectivity index (χ3n) is 3.33. The number of thiazole rings is 1. The zero-order valence-corrected chi connectivity index (χ0v) is 12.1. The molecule has 0 radical (unpaired) electrons. The van der Waals surface area contributed by atoms with Crippen molar-refractivity contribution in [3.63, 3.8) is 0 Å². The van der Waals surface area contributed by atoms with E-state index in [1.165, 1.54) is 60.2 Å². The first-order valence-corrected chi connectivity index (χ1v) is 8.06. The molecular weight excluding hydrogens is 238 g/mol. The Hall–Kier alpha value is -0.890. The first kappa shape index (κ1) is 13.5. The monoisotopic (exact) mass is 261 g/mol. The number of aryl methyl sites for hydroxylation is 1. The Morgan fingerprint density at radius 1 is 0.944 bits per heavy atom. The quantitative estimate of drug-likeness (QED) is 0.564. The first-order valence-electron chi connectivity index (χ1n) is 7.24. The lowest BCUT2D eigenvalue weighted by Gasteiger charge is -1.99. The summed E-state index contributed by atoms with van der Waals surface area (Å²) in [6.45, 7) is 2.27. The number of fused-ring (bicyclic) bond motifs is 1. The molecule has 0 saturated heterocycles. The maximum atomic E-state index is 4.68. The van der Waals surface area contributed by atoms with E-state index in [2.05, 4.69) is 36.2 Å². The molecule has 1 heterocycles. The van der Waals surface area contributed by atoms with Crippen LogP contribution in [0, 0.1) is 0 Å². The van der Waals surface area contributed by atoms with Crippen molar-refractivity contribution in [1.29, 1.82) is 0 Å². The number of hydrogen-bond donors (Lipinski definition) is 0. The van der Waals surface area contributed by atoms with Crippen LogP contribution in [0.1, 0.15) is 56.9 Å². The number of nitrogens with zero attached hydrogens (tertiary/aromatic N) is 1. The van der Waals surface area contributed by atoms with Gasteiger partial charge in [0.25, 0.3) is 0 Å². The highest BCUT2D eigenvalue weighted by molar-refractivity contribution is 7.18. The summed E-state index contributed by atoms with van der Waals surface area (Å²) in [6, 6.07) is 8.44. The van der Waals surface area contributed by atoms with Crippen molar-refractivity contribution in [1.82, 2.24) is 4.98 Å². The van der Waals surface area contributed by atoms with Gasteiger partial charge < -0.3 is 0 Å². The van der Waals surface area contributed by atoms with Crippen LogP contribution in [0.25, 0.3) is 10.2 Å². The Labute approximate surface area is 114 Å². The summed E-state index contributed by atoms with van der Waals surface area (Å²) in [5.74, 6) is 0. The number of unbranched alkanes of at least 4 members (excludes halogenated alkanes) is 6. The summed E-state index contributed by atoms with van der Waals surface area (Å²) in [7, 11) is 0. The van der Waals surface area contributed by atoms with Gasteiger partial charge in [-0.25, -0.2) is 4.98 Å². The van der Waals surface area contributed by atoms with Gasteiger partial charge in [0, 0.05) is 0 Å². The Bertz CT molecular complexity index is 428. The zero-order chi connectivity index (χ0) is 12.6. The van der Waals surface area contributed by atoms with Crippen LogP contribution in [0.3, 0.4) is 0 Å². The largest absolute Gasteiger partial charge is 0.241 e. The number of benzene rings is 1. The molecule has 0 aliphatic heterocycles. The van der Waals surface area contributed by atoms with Crippen LogP contribution in [0.5, 0.6) is 0 Å². The standard InChI is InChI=1S/C16H23NS/c1-2-3-4-5-6-7-8-13-16-17-14-11-9-10-12-15(14)18-16/h9-12H,2-8,13H2,1H3. The number of aromatic nitrogens is 1. The van der Waals surface area contributed by atoms with Gasteiger partial charge in [-0.1, -0.05) is 57.6 Å². The molecule has 1 aromatic carbocycles. The van der Waals surface area contributed by atoms with Gasteiger partial charge in [0.15, 0.2) is 0 Å². The molecule has 0 amide bonds. The van der Waals surface area contributed by atoms with Crippen molar-refractivity contribution in [3.05, 3.63) is 29.3 Å². The molecule has 0 spiro atoms. The number of hydrogen-bond acceptors (Lipinski definition) is 2. The van der Waals surface area contributed by atoms with E-state index in [9.17, 15) is 0 Å². The molecule has 0 fully saturated rings. The highest BCUT2D eigenvalue weighted by Gasteiger charge is 2.02.